The Bertz CT molecular complexity index is 694. The zero-order valence-electron chi connectivity index (χ0n) is 18.3. The third-order valence-electron chi connectivity index (χ3n) is 6.88. The lowest BCUT2D eigenvalue weighted by Gasteiger charge is -2.40. The number of amides is 3. The zero-order chi connectivity index (χ0) is 21.7. The summed E-state index contributed by atoms with van der Waals surface area (Å²) in [5.74, 6) is -1.34. The van der Waals surface area contributed by atoms with Gasteiger partial charge in [0.05, 0.1) is 29.2 Å². The fourth-order valence-electron chi connectivity index (χ4n) is 5.47. The molecule has 0 saturated carbocycles. The largest absolute Gasteiger partial charge is 0.394 e. The number of nitrogens with one attached hydrogen (secondary N) is 2. The smallest absolute Gasteiger partial charge is 0.244 e. The van der Waals surface area contributed by atoms with Gasteiger partial charge in [-0.2, -0.15) is 0 Å². The average molecular weight is 426 g/mol. The number of likely N-dealkylation sites (tertiary alicyclic amines) is 1. The zero-order valence-corrected chi connectivity index (χ0v) is 19.1. The summed E-state index contributed by atoms with van der Waals surface area (Å²) in [7, 11) is 1.60. The molecule has 0 aromatic carbocycles. The van der Waals surface area contributed by atoms with Crippen LogP contribution in [0.5, 0.6) is 0 Å². The van der Waals surface area contributed by atoms with E-state index in [0.29, 0.717) is 0 Å². The van der Waals surface area contributed by atoms with Crippen molar-refractivity contribution in [1.82, 2.24) is 15.5 Å². The van der Waals surface area contributed by atoms with Gasteiger partial charge in [-0.25, -0.2) is 0 Å². The number of hydrogen-bond donors (Lipinski definition) is 3. The van der Waals surface area contributed by atoms with Gasteiger partial charge in [0.2, 0.25) is 17.7 Å². The van der Waals surface area contributed by atoms with Gasteiger partial charge in [0.15, 0.2) is 0 Å². The lowest BCUT2D eigenvalue weighted by molar-refractivity contribution is -0.144. The van der Waals surface area contributed by atoms with E-state index in [1.54, 1.807) is 23.7 Å². The van der Waals surface area contributed by atoms with Crippen molar-refractivity contribution in [2.75, 3.05) is 13.7 Å². The fraction of sp³-hybridized carbons (Fsp3) is 0.857. The maximum absolute atomic E-state index is 13.7. The number of hydrogen-bond acceptors (Lipinski definition) is 5. The third kappa shape index (κ3) is 3.46. The van der Waals surface area contributed by atoms with Gasteiger partial charge < -0.3 is 20.6 Å². The first kappa shape index (κ1) is 22.4. The molecule has 3 saturated heterocycles. The molecule has 7 nitrogen and oxygen atoms in total. The summed E-state index contributed by atoms with van der Waals surface area (Å²) in [6, 6.07) is -1.11. The van der Waals surface area contributed by atoms with Crippen LogP contribution in [0.15, 0.2) is 0 Å². The van der Waals surface area contributed by atoms with Crippen molar-refractivity contribution in [3.05, 3.63) is 0 Å². The van der Waals surface area contributed by atoms with Gasteiger partial charge in [-0.05, 0) is 39.5 Å². The number of fused-ring (bicyclic) bond motifs is 1. The summed E-state index contributed by atoms with van der Waals surface area (Å²) in [6.07, 6.45) is 2.35. The van der Waals surface area contributed by atoms with Gasteiger partial charge in [0, 0.05) is 17.8 Å². The Morgan fingerprint density at radius 2 is 2.00 bits per heavy atom. The highest BCUT2D eigenvalue weighted by Gasteiger charge is 2.74. The number of carbonyl (C=O) groups excluding carboxylic acids is 3. The van der Waals surface area contributed by atoms with Gasteiger partial charge >= 0.3 is 0 Å². The second-order valence-corrected chi connectivity index (χ2v) is 11.4. The monoisotopic (exact) mass is 425 g/mol. The molecule has 0 aliphatic carbocycles. The van der Waals surface area contributed by atoms with Crippen molar-refractivity contribution < 1.29 is 19.5 Å². The van der Waals surface area contributed by atoms with Crippen molar-refractivity contribution in [2.24, 2.45) is 17.8 Å². The minimum absolute atomic E-state index is 0.0461. The first-order chi connectivity index (χ1) is 13.5. The molecule has 3 rings (SSSR count). The van der Waals surface area contributed by atoms with Gasteiger partial charge in [-0.3, -0.25) is 14.4 Å². The van der Waals surface area contributed by atoms with Crippen molar-refractivity contribution in [3.8, 4) is 0 Å². The van der Waals surface area contributed by atoms with Gasteiger partial charge in [-0.15, -0.1) is 11.8 Å². The molecule has 3 fully saturated rings. The van der Waals surface area contributed by atoms with E-state index < -0.39 is 34.2 Å². The molecule has 164 valence electrons. The number of rotatable bonds is 6. The number of nitrogens with zero attached hydrogens (tertiary/aromatic N) is 1. The Balaban J connectivity index is 2.09. The molecule has 2 bridgehead atoms. The maximum atomic E-state index is 13.7. The van der Waals surface area contributed by atoms with Crippen LogP contribution in [0.3, 0.4) is 0 Å². The molecule has 1 spiro atoms. The Morgan fingerprint density at radius 3 is 2.52 bits per heavy atom. The van der Waals surface area contributed by atoms with E-state index in [1.807, 2.05) is 34.6 Å². The maximum Gasteiger partial charge on any atom is 0.244 e. The second kappa shape index (κ2) is 7.76. The quantitative estimate of drug-likeness (QED) is 0.593. The van der Waals surface area contributed by atoms with Crippen molar-refractivity contribution in [1.29, 1.82) is 0 Å². The molecule has 29 heavy (non-hydrogen) atoms. The predicted molar refractivity (Wildman–Crippen MR) is 113 cm³/mol. The minimum Gasteiger partial charge on any atom is -0.394 e. The van der Waals surface area contributed by atoms with E-state index >= 15 is 0 Å². The molecule has 3 aliphatic rings. The highest BCUT2D eigenvalue weighted by molar-refractivity contribution is 8.02. The van der Waals surface area contributed by atoms with E-state index in [2.05, 4.69) is 10.6 Å². The Morgan fingerprint density at radius 1 is 1.34 bits per heavy atom. The number of carbonyl (C=O) groups is 3. The lowest BCUT2D eigenvalue weighted by Crippen LogP contribution is -2.60. The molecule has 3 N–H and O–H groups in total. The normalized spacial score (nSPS) is 35.4. The molecule has 3 heterocycles. The van der Waals surface area contributed by atoms with Crippen LogP contribution in [-0.4, -0.2) is 69.0 Å². The van der Waals surface area contributed by atoms with Crippen LogP contribution in [0.2, 0.25) is 0 Å². The molecule has 0 radical (unpaired) electrons. The minimum atomic E-state index is -0.671. The van der Waals surface area contributed by atoms with Crippen molar-refractivity contribution in [2.45, 2.75) is 81.5 Å². The van der Waals surface area contributed by atoms with E-state index in [-0.39, 0.29) is 35.5 Å². The van der Waals surface area contributed by atoms with E-state index in [9.17, 15) is 19.5 Å². The van der Waals surface area contributed by atoms with Crippen LogP contribution >= 0.6 is 11.8 Å². The van der Waals surface area contributed by atoms with E-state index in [0.717, 1.165) is 19.3 Å². The summed E-state index contributed by atoms with van der Waals surface area (Å²) in [5.41, 5.74) is -0.437. The summed E-state index contributed by atoms with van der Waals surface area (Å²) >= 11 is 1.65. The molecule has 0 aromatic heterocycles. The SMILES string of the molecule is CC[C@H](C)[C@H](CO)N1C(=O)[C@@H]2[C@H](C(=O)NC)[C@@H]3CCC2(S3)C1C(=O)NC(C)(C)C. The summed E-state index contributed by atoms with van der Waals surface area (Å²) < 4.78 is -0.602. The first-order valence-corrected chi connectivity index (χ1v) is 11.5. The van der Waals surface area contributed by atoms with Crippen LogP contribution < -0.4 is 10.6 Å². The average Bonchev–Trinajstić information content (AvgIpc) is 3.28. The van der Waals surface area contributed by atoms with Crippen LogP contribution in [0.1, 0.15) is 53.9 Å². The summed E-state index contributed by atoms with van der Waals surface area (Å²) in [4.78, 5) is 41.6. The van der Waals surface area contributed by atoms with Crippen LogP contribution in [-0.2, 0) is 14.4 Å². The number of thioether (sulfide) groups is 1. The van der Waals surface area contributed by atoms with Crippen molar-refractivity contribution >= 4 is 29.5 Å². The molecule has 2 unspecified atom stereocenters. The Kier molecular flexibility index (Phi) is 6.00. The summed E-state index contributed by atoms with van der Waals surface area (Å²) in [6.45, 7) is 9.59. The fourth-order valence-corrected chi connectivity index (χ4v) is 7.67. The highest BCUT2D eigenvalue weighted by Crippen LogP contribution is 2.66. The molecule has 0 aromatic rings. The molecular formula is C21H35N3O4S. The summed E-state index contributed by atoms with van der Waals surface area (Å²) in [5, 5.41) is 16.0. The Hall–Kier alpha value is -1.28. The topological polar surface area (TPSA) is 98.7 Å². The van der Waals surface area contributed by atoms with Crippen LogP contribution in [0.25, 0.3) is 0 Å². The Labute approximate surface area is 177 Å². The molecule has 8 heteroatoms. The lowest BCUT2D eigenvalue weighted by atomic mass is 9.70. The van der Waals surface area contributed by atoms with Gasteiger partial charge in [0.25, 0.3) is 0 Å². The first-order valence-electron chi connectivity index (χ1n) is 10.7. The molecule has 7 atom stereocenters. The molecular weight excluding hydrogens is 390 g/mol. The number of aliphatic hydroxyl groups excluding tert-OH is 1. The van der Waals surface area contributed by atoms with Gasteiger partial charge in [0.1, 0.15) is 6.04 Å². The molecule has 3 amide bonds. The van der Waals surface area contributed by atoms with Crippen LogP contribution in [0.4, 0.5) is 0 Å². The van der Waals surface area contributed by atoms with E-state index in [1.165, 1.54) is 0 Å². The van der Waals surface area contributed by atoms with Gasteiger partial charge in [-0.1, -0.05) is 20.3 Å². The number of aliphatic hydroxyl groups is 1. The molecule has 3 aliphatic heterocycles. The van der Waals surface area contributed by atoms with Crippen molar-refractivity contribution in [3.63, 3.8) is 0 Å². The second-order valence-electron chi connectivity index (χ2n) is 9.79. The van der Waals surface area contributed by atoms with Crippen LogP contribution in [0, 0.1) is 17.8 Å². The van der Waals surface area contributed by atoms with E-state index in [4.69, 9.17) is 0 Å². The predicted octanol–water partition coefficient (Wildman–Crippen LogP) is 1.15. The third-order valence-corrected chi connectivity index (χ3v) is 8.83. The standard InChI is InChI=1S/C21H35N3O4S/c1-7-11(2)12(10-25)24-16(18(27)23-20(3,4)5)21-9-8-13(29-21)14(17(26)22-6)15(21)19(24)28/h11-16,25H,7-10H2,1-6H3,(H,22,26)(H,23,27)/t11-,12-,13-,14+,15-,16?,21?/m0/s1. The highest BCUT2D eigenvalue weighted by atomic mass is 32.2.